The van der Waals surface area contributed by atoms with Gasteiger partial charge in [0, 0.05) is 42.9 Å². The van der Waals surface area contributed by atoms with E-state index in [0.717, 1.165) is 16.9 Å². The van der Waals surface area contributed by atoms with Gasteiger partial charge in [-0.15, -0.1) is 0 Å². The zero-order valence-corrected chi connectivity index (χ0v) is 44.3. The third-order valence-corrected chi connectivity index (χ3v) is 13.2. The van der Waals surface area contributed by atoms with E-state index in [0.29, 0.717) is 48.4 Å². The number of amides is 8. The largest absolute Gasteiger partial charge is 0.496 e. The monoisotopic (exact) mass is 1090 g/mol. The quantitative estimate of drug-likeness (QED) is 0.0257. The molecular formula is C52H70N12O14. The van der Waals surface area contributed by atoms with Gasteiger partial charge >= 0.3 is 18.1 Å². The molecule has 2 aromatic carbocycles. The van der Waals surface area contributed by atoms with Crippen LogP contribution in [0, 0.1) is 5.92 Å². The molecule has 0 bridgehead atoms. The second-order valence-corrected chi connectivity index (χ2v) is 19.0. The fourth-order valence-corrected chi connectivity index (χ4v) is 8.92. The summed E-state index contributed by atoms with van der Waals surface area (Å²) >= 11 is 0. The van der Waals surface area contributed by atoms with Crippen LogP contribution >= 0.6 is 0 Å². The summed E-state index contributed by atoms with van der Waals surface area (Å²) in [5, 5.41) is 32.3. The molecule has 1 aliphatic carbocycles. The molecule has 26 heteroatoms. The summed E-state index contributed by atoms with van der Waals surface area (Å²) < 4.78 is 29.0. The average Bonchev–Trinajstić information content (AvgIpc) is 4.08. The standard InChI is InChI=1S/C52H70N12O14/c1-5-78-49-60-44(53)43-45(61-49)63(50(71)59-43)31-35-12-9-34(28-38(35)74-4)30-64(51(72)73)52(18-7-19-52)29-33-10-13-36(14-11-33)56-46(68)37(8-6-20-55-48(54)70)57-47(69)42(32(2)3)58-39(65)17-22-75-24-26-77-27-25-76-23-21-62-40(66)15-16-41(62)67/h9-16,28,32,37,42H,5-8,17-27,29-31H2,1-4H3,(H,56,68)(H,57,69)(H,58,65)(H,59,71)(H,72,73)(H2,53,60,61)(H3,54,55,70)/t37-,42-/m0/s1. The predicted molar refractivity (Wildman–Crippen MR) is 282 cm³/mol. The topological polar surface area (TPSA) is 356 Å². The number of primary amides is 1. The zero-order valence-electron chi connectivity index (χ0n) is 44.3. The van der Waals surface area contributed by atoms with Crippen LogP contribution in [-0.2, 0) is 57.7 Å². The molecule has 6 rings (SSSR count). The Kier molecular flexibility index (Phi) is 21.5. The van der Waals surface area contributed by atoms with Gasteiger partial charge in [-0.05, 0) is 80.7 Å². The lowest BCUT2D eigenvalue weighted by Gasteiger charge is -2.49. The number of nitrogen functional groups attached to an aromatic ring is 1. The van der Waals surface area contributed by atoms with Gasteiger partial charge in [-0.25, -0.2) is 9.59 Å². The van der Waals surface area contributed by atoms with E-state index >= 15 is 0 Å². The third kappa shape index (κ3) is 16.2. The van der Waals surface area contributed by atoms with Gasteiger partial charge in [0.1, 0.15) is 17.8 Å². The van der Waals surface area contributed by atoms with Gasteiger partial charge in [0.15, 0.2) is 17.0 Å². The average molecular weight is 1090 g/mol. The first-order valence-electron chi connectivity index (χ1n) is 25.7. The number of hydrogen-bond donors (Lipinski definition) is 8. The lowest BCUT2D eigenvalue weighted by molar-refractivity contribution is -0.137. The molecule has 78 heavy (non-hydrogen) atoms. The number of fused-ring (bicyclic) bond motifs is 1. The summed E-state index contributed by atoms with van der Waals surface area (Å²) in [5.41, 5.74) is 13.7. The van der Waals surface area contributed by atoms with Crippen molar-refractivity contribution in [2.75, 3.05) is 77.5 Å². The molecule has 422 valence electrons. The fraction of sp³-hybridized carbons (Fsp3) is 0.500. The maximum atomic E-state index is 13.8. The normalized spacial score (nSPS) is 14.4. The maximum Gasteiger partial charge on any atom is 0.408 e. The summed E-state index contributed by atoms with van der Waals surface area (Å²) in [6.07, 6.45) is 4.14. The van der Waals surface area contributed by atoms with Crippen LogP contribution in [0.15, 0.2) is 54.6 Å². The number of rotatable bonds is 32. The number of anilines is 2. The Bertz CT molecular complexity index is 2770. The summed E-state index contributed by atoms with van der Waals surface area (Å²) in [4.78, 5) is 103. The van der Waals surface area contributed by atoms with Crippen LogP contribution in [0.2, 0.25) is 0 Å². The highest BCUT2D eigenvalue weighted by molar-refractivity contribution is 6.12. The Balaban J connectivity index is 1.01. The molecule has 26 nitrogen and oxygen atoms in total. The van der Waals surface area contributed by atoms with Gasteiger partial charge in [-0.2, -0.15) is 15.0 Å². The zero-order chi connectivity index (χ0) is 56.4. The number of carbonyl (C=O) groups excluding carboxylic acids is 6. The van der Waals surface area contributed by atoms with Crippen LogP contribution in [0.25, 0.3) is 11.2 Å². The van der Waals surface area contributed by atoms with Crippen molar-refractivity contribution in [3.8, 4) is 17.8 Å². The Morgan fingerprint density at radius 3 is 2.15 bits per heavy atom. The summed E-state index contributed by atoms with van der Waals surface area (Å²) in [5.74, 6) is -2.20. The number of aromatic nitrogens is 4. The minimum Gasteiger partial charge on any atom is -0.496 e. The highest BCUT2D eigenvalue weighted by Crippen LogP contribution is 2.42. The van der Waals surface area contributed by atoms with Crippen LogP contribution in [0.5, 0.6) is 17.8 Å². The van der Waals surface area contributed by atoms with Gasteiger partial charge in [-0.1, -0.05) is 38.1 Å². The van der Waals surface area contributed by atoms with E-state index in [-0.39, 0.29) is 132 Å². The van der Waals surface area contributed by atoms with E-state index in [2.05, 4.69) is 36.2 Å². The van der Waals surface area contributed by atoms with Gasteiger partial charge in [0.05, 0.1) is 72.0 Å². The molecule has 2 atom stereocenters. The number of urea groups is 1. The number of imide groups is 1. The Labute approximate surface area is 450 Å². The molecule has 3 heterocycles. The van der Waals surface area contributed by atoms with Crippen molar-refractivity contribution in [1.29, 1.82) is 0 Å². The maximum absolute atomic E-state index is 13.8. The summed E-state index contributed by atoms with van der Waals surface area (Å²) in [6, 6.07) is 9.26. The first-order chi connectivity index (χ1) is 37.4. The molecule has 1 fully saturated rings. The molecule has 10 N–H and O–H groups in total. The number of nitrogens with two attached hydrogens (primary N) is 2. The number of benzene rings is 2. The smallest absolute Gasteiger partial charge is 0.408 e. The van der Waals surface area contributed by atoms with Gasteiger partial charge in [0.2, 0.25) is 17.7 Å². The van der Waals surface area contributed by atoms with Crippen LogP contribution in [0.1, 0.15) is 76.0 Å². The number of aromatic hydroxyl groups is 1. The van der Waals surface area contributed by atoms with Crippen molar-refractivity contribution in [2.24, 2.45) is 11.7 Å². The van der Waals surface area contributed by atoms with Crippen molar-refractivity contribution >= 4 is 64.3 Å². The highest BCUT2D eigenvalue weighted by Gasteiger charge is 2.45. The number of hydrogen-bond acceptors (Lipinski definition) is 17. The molecule has 2 aliphatic rings. The van der Waals surface area contributed by atoms with E-state index in [1.165, 1.54) is 28.7 Å². The number of ether oxygens (including phenoxy) is 5. The summed E-state index contributed by atoms with van der Waals surface area (Å²) in [7, 11) is 1.50. The van der Waals surface area contributed by atoms with E-state index in [1.54, 1.807) is 51.1 Å². The van der Waals surface area contributed by atoms with Crippen molar-refractivity contribution in [1.82, 2.24) is 45.3 Å². The van der Waals surface area contributed by atoms with Gasteiger partial charge in [-0.3, -0.25) is 38.3 Å². The lowest BCUT2D eigenvalue weighted by atomic mass is 9.71. The van der Waals surface area contributed by atoms with E-state index in [1.807, 2.05) is 12.1 Å². The van der Waals surface area contributed by atoms with Crippen molar-refractivity contribution in [3.63, 3.8) is 0 Å². The molecule has 4 aromatic rings. The molecule has 1 saturated carbocycles. The van der Waals surface area contributed by atoms with E-state index in [4.69, 9.17) is 35.2 Å². The Morgan fingerprint density at radius 1 is 0.872 bits per heavy atom. The first kappa shape index (κ1) is 59.1. The van der Waals surface area contributed by atoms with Crippen molar-refractivity contribution < 1.29 is 67.5 Å². The molecular weight excluding hydrogens is 1020 g/mol. The van der Waals surface area contributed by atoms with E-state index in [9.17, 15) is 43.8 Å². The molecule has 1 aliphatic heterocycles. The lowest BCUT2D eigenvalue weighted by Crippen LogP contribution is -2.56. The summed E-state index contributed by atoms with van der Waals surface area (Å²) in [6.45, 7) is 7.18. The molecule has 0 saturated heterocycles. The molecule has 0 unspecified atom stereocenters. The minimum atomic E-state index is -1.09. The Morgan fingerprint density at radius 2 is 1.54 bits per heavy atom. The SMILES string of the molecule is CCOc1nc(N)c2nc(O)n(Cc3ccc(CN(C(=O)O)C4(Cc5ccc(NC(=O)[C@H](CCCNC(N)=O)NC(=O)[C@@H](NC(=O)CCOCCOCCOCCN6C(=O)C=CC6=O)C(C)C)cc5)CCC4)cc3OC)c2n1. The molecule has 0 radical (unpaired) electrons. The predicted octanol–water partition coefficient (Wildman–Crippen LogP) is 2.59. The third-order valence-electron chi connectivity index (χ3n) is 13.2. The molecule has 2 aromatic heterocycles. The first-order valence-corrected chi connectivity index (χ1v) is 25.7. The van der Waals surface area contributed by atoms with Crippen LogP contribution in [-0.4, -0.2) is 165 Å². The van der Waals surface area contributed by atoms with Gasteiger partial charge < -0.3 is 66.6 Å². The fourth-order valence-electron chi connectivity index (χ4n) is 8.92. The number of nitrogens with zero attached hydrogens (tertiary/aromatic N) is 6. The Hall–Kier alpha value is -8.10. The molecule has 8 amide bonds. The van der Waals surface area contributed by atoms with Crippen LogP contribution in [0.3, 0.4) is 0 Å². The minimum absolute atomic E-state index is 0.0384. The number of methoxy groups -OCH3 is 1. The number of imidazole rings is 1. The highest BCUT2D eigenvalue weighted by atomic mass is 16.5. The van der Waals surface area contributed by atoms with Crippen LogP contribution in [0.4, 0.5) is 21.1 Å². The van der Waals surface area contributed by atoms with Crippen molar-refractivity contribution in [3.05, 3.63) is 71.3 Å². The van der Waals surface area contributed by atoms with Gasteiger partial charge in [0.25, 0.3) is 17.8 Å². The van der Waals surface area contributed by atoms with E-state index < -0.39 is 47.5 Å². The number of carboxylic acid groups (broad SMARTS) is 1. The molecule has 0 spiro atoms. The van der Waals surface area contributed by atoms with Crippen molar-refractivity contribution in [2.45, 2.75) is 96.4 Å². The number of carbonyl (C=O) groups is 7. The van der Waals surface area contributed by atoms with Crippen LogP contribution < -0.4 is 42.2 Å². The number of nitrogens with one attached hydrogen (secondary N) is 4. The second kappa shape index (κ2) is 28.3. The second-order valence-electron chi connectivity index (χ2n) is 19.0.